The maximum absolute atomic E-state index is 2.61. The highest BCUT2D eigenvalue weighted by Gasteiger charge is 2.05. The smallest absolute Gasteiger partial charge is 0.0366 e. The lowest BCUT2D eigenvalue weighted by Gasteiger charge is -2.25. The van der Waals surface area contributed by atoms with Crippen LogP contribution in [-0.4, -0.2) is 13.1 Å². The molecule has 0 atom stereocenters. The van der Waals surface area contributed by atoms with E-state index in [4.69, 9.17) is 0 Å². The number of para-hydroxylation sites is 1. The van der Waals surface area contributed by atoms with E-state index in [1.165, 1.54) is 95.8 Å². The predicted molar refractivity (Wildman–Crippen MR) is 116 cm³/mol. The van der Waals surface area contributed by atoms with Crippen LogP contribution in [-0.2, 0) is 0 Å². The van der Waals surface area contributed by atoms with Crippen molar-refractivity contribution < 1.29 is 0 Å². The third-order valence-electron chi connectivity index (χ3n) is 4.68. The van der Waals surface area contributed by atoms with E-state index in [-0.39, 0.29) is 17.0 Å². The molecule has 0 aliphatic carbocycles. The molecular formula is C22H40BrN. The molecule has 1 rings (SSSR count). The van der Waals surface area contributed by atoms with E-state index in [0.29, 0.717) is 0 Å². The Morgan fingerprint density at radius 2 is 1.00 bits per heavy atom. The van der Waals surface area contributed by atoms with Gasteiger partial charge in [-0.05, 0) is 25.0 Å². The summed E-state index contributed by atoms with van der Waals surface area (Å²) in [5, 5.41) is 0. The summed E-state index contributed by atoms with van der Waals surface area (Å²) in [6.45, 7) is 7.03. The van der Waals surface area contributed by atoms with Gasteiger partial charge in [0.15, 0.2) is 0 Å². The third-order valence-corrected chi connectivity index (χ3v) is 4.68. The fourth-order valence-corrected chi connectivity index (χ4v) is 3.17. The van der Waals surface area contributed by atoms with E-state index < -0.39 is 0 Å². The summed E-state index contributed by atoms with van der Waals surface area (Å²) in [6, 6.07) is 11.0. The minimum Gasteiger partial charge on any atom is -0.372 e. The van der Waals surface area contributed by atoms with Gasteiger partial charge in [-0.3, -0.25) is 0 Å². The van der Waals surface area contributed by atoms with Crippen LogP contribution >= 0.6 is 17.0 Å². The minimum atomic E-state index is 0. The largest absolute Gasteiger partial charge is 0.372 e. The Bertz CT molecular complexity index is 336. The summed E-state index contributed by atoms with van der Waals surface area (Å²) in [6.07, 6.45) is 16.6. The number of halogens is 1. The first-order valence-corrected chi connectivity index (χ1v) is 10.2. The van der Waals surface area contributed by atoms with Gasteiger partial charge in [0.1, 0.15) is 0 Å². The molecule has 0 aromatic heterocycles. The number of anilines is 1. The second kappa shape index (κ2) is 17.3. The van der Waals surface area contributed by atoms with E-state index in [1.807, 2.05) is 0 Å². The summed E-state index contributed by atoms with van der Waals surface area (Å²) in [7, 11) is 0. The van der Waals surface area contributed by atoms with Crippen molar-refractivity contribution in [3.8, 4) is 0 Å². The number of unbranched alkanes of at least 4 members (excludes halogenated alkanes) is 10. The molecule has 0 aliphatic heterocycles. The summed E-state index contributed by atoms with van der Waals surface area (Å²) in [5.41, 5.74) is 1.41. The minimum absolute atomic E-state index is 0. The van der Waals surface area contributed by atoms with Crippen LogP contribution in [0.4, 0.5) is 5.69 Å². The van der Waals surface area contributed by atoms with Crippen LogP contribution in [0.3, 0.4) is 0 Å². The zero-order valence-corrected chi connectivity index (χ0v) is 17.9. The van der Waals surface area contributed by atoms with Crippen molar-refractivity contribution in [3.05, 3.63) is 30.3 Å². The van der Waals surface area contributed by atoms with Crippen molar-refractivity contribution in [2.24, 2.45) is 0 Å². The molecule has 0 aliphatic rings. The number of rotatable bonds is 15. The Hall–Kier alpha value is -0.500. The van der Waals surface area contributed by atoms with Crippen LogP contribution in [0.2, 0.25) is 0 Å². The van der Waals surface area contributed by atoms with Crippen LogP contribution in [0.5, 0.6) is 0 Å². The van der Waals surface area contributed by atoms with E-state index in [2.05, 4.69) is 49.1 Å². The Morgan fingerprint density at radius 3 is 1.46 bits per heavy atom. The maximum atomic E-state index is 2.61. The second-order valence-electron chi connectivity index (χ2n) is 6.86. The molecule has 0 bridgehead atoms. The molecule has 0 unspecified atom stereocenters. The van der Waals surface area contributed by atoms with Gasteiger partial charge < -0.3 is 4.90 Å². The Kier molecular flexibility index (Phi) is 17.0. The number of hydrogen-bond acceptors (Lipinski definition) is 1. The quantitative estimate of drug-likeness (QED) is 0.273. The van der Waals surface area contributed by atoms with Gasteiger partial charge in [0.2, 0.25) is 0 Å². The van der Waals surface area contributed by atoms with Gasteiger partial charge in [0.05, 0.1) is 0 Å². The predicted octanol–water partition coefficient (Wildman–Crippen LogP) is 7.79. The van der Waals surface area contributed by atoms with Gasteiger partial charge in [-0.25, -0.2) is 0 Å². The average molecular weight is 398 g/mol. The van der Waals surface area contributed by atoms with Crippen molar-refractivity contribution in [1.82, 2.24) is 0 Å². The molecule has 140 valence electrons. The molecule has 0 saturated heterocycles. The molecule has 0 N–H and O–H groups in total. The monoisotopic (exact) mass is 397 g/mol. The van der Waals surface area contributed by atoms with Gasteiger partial charge in [-0.15, -0.1) is 17.0 Å². The molecule has 0 spiro atoms. The number of benzene rings is 1. The lowest BCUT2D eigenvalue weighted by atomic mass is 10.1. The first kappa shape index (κ1) is 23.5. The standard InChI is InChI=1S/C22H39N.BrH/c1-3-5-7-9-11-16-20-23(22-18-14-13-15-19-22)21-17-12-10-8-6-4-2;/h13-15,18-19H,3-12,16-17,20-21H2,1-2H3;1H. The highest BCUT2D eigenvalue weighted by atomic mass is 79.9. The fraction of sp³-hybridized carbons (Fsp3) is 0.727. The molecule has 1 nitrogen and oxygen atoms in total. The normalized spacial score (nSPS) is 10.4. The molecule has 2 heteroatoms. The van der Waals surface area contributed by atoms with Gasteiger partial charge >= 0.3 is 0 Å². The van der Waals surface area contributed by atoms with Gasteiger partial charge in [-0.2, -0.15) is 0 Å². The van der Waals surface area contributed by atoms with E-state index in [9.17, 15) is 0 Å². The van der Waals surface area contributed by atoms with Crippen molar-refractivity contribution >= 4 is 22.7 Å². The fourth-order valence-electron chi connectivity index (χ4n) is 3.17. The van der Waals surface area contributed by atoms with Crippen molar-refractivity contribution in [3.63, 3.8) is 0 Å². The van der Waals surface area contributed by atoms with Crippen LogP contribution in [0.15, 0.2) is 30.3 Å². The van der Waals surface area contributed by atoms with E-state index in [1.54, 1.807) is 0 Å². The second-order valence-corrected chi connectivity index (χ2v) is 6.86. The molecular weight excluding hydrogens is 358 g/mol. The van der Waals surface area contributed by atoms with E-state index >= 15 is 0 Å². The molecule has 0 saturated carbocycles. The maximum Gasteiger partial charge on any atom is 0.0366 e. The summed E-state index contributed by atoms with van der Waals surface area (Å²) in [4.78, 5) is 2.61. The molecule has 0 amide bonds. The van der Waals surface area contributed by atoms with E-state index in [0.717, 1.165) is 0 Å². The summed E-state index contributed by atoms with van der Waals surface area (Å²) >= 11 is 0. The first-order chi connectivity index (χ1) is 11.4. The zero-order valence-electron chi connectivity index (χ0n) is 16.1. The van der Waals surface area contributed by atoms with Crippen molar-refractivity contribution in [1.29, 1.82) is 0 Å². The zero-order chi connectivity index (χ0) is 16.6. The van der Waals surface area contributed by atoms with Crippen LogP contribution < -0.4 is 4.90 Å². The van der Waals surface area contributed by atoms with Crippen molar-refractivity contribution in [2.75, 3.05) is 18.0 Å². The van der Waals surface area contributed by atoms with Gasteiger partial charge in [0.25, 0.3) is 0 Å². The Morgan fingerprint density at radius 1 is 0.583 bits per heavy atom. The highest BCUT2D eigenvalue weighted by Crippen LogP contribution is 2.17. The first-order valence-electron chi connectivity index (χ1n) is 10.2. The number of nitrogens with zero attached hydrogens (tertiary/aromatic N) is 1. The molecule has 1 aromatic carbocycles. The third kappa shape index (κ3) is 11.9. The topological polar surface area (TPSA) is 3.24 Å². The Balaban J connectivity index is 0.00000529. The molecule has 0 fully saturated rings. The highest BCUT2D eigenvalue weighted by molar-refractivity contribution is 8.93. The molecule has 0 radical (unpaired) electrons. The Labute approximate surface area is 162 Å². The van der Waals surface area contributed by atoms with Crippen molar-refractivity contribution in [2.45, 2.75) is 90.9 Å². The summed E-state index contributed by atoms with van der Waals surface area (Å²) in [5.74, 6) is 0. The lowest BCUT2D eigenvalue weighted by molar-refractivity contribution is 0.575. The number of hydrogen-bond donors (Lipinski definition) is 0. The van der Waals surface area contributed by atoms with Crippen LogP contribution in [0.25, 0.3) is 0 Å². The van der Waals surface area contributed by atoms with Gasteiger partial charge in [0, 0.05) is 18.8 Å². The SMILES string of the molecule is Br.CCCCCCCCN(CCCCCCCC)c1ccccc1. The van der Waals surface area contributed by atoms with Crippen LogP contribution in [0.1, 0.15) is 90.9 Å². The molecule has 24 heavy (non-hydrogen) atoms. The van der Waals surface area contributed by atoms with Gasteiger partial charge in [-0.1, -0.05) is 96.3 Å². The van der Waals surface area contributed by atoms with Crippen LogP contribution in [0, 0.1) is 0 Å². The summed E-state index contributed by atoms with van der Waals surface area (Å²) < 4.78 is 0. The molecule has 0 heterocycles. The lowest BCUT2D eigenvalue weighted by Crippen LogP contribution is -2.25. The average Bonchev–Trinajstić information content (AvgIpc) is 2.60. The molecule has 1 aromatic rings.